The molecule has 12 aromatic carbocycles. The number of fused-ring (bicyclic) bond motifs is 12. The van der Waals surface area contributed by atoms with Crippen molar-refractivity contribution in [2.75, 3.05) is 0 Å². The second-order valence-electron chi connectivity index (χ2n) is 30.6. The minimum atomic E-state index is -0.0855. The van der Waals surface area contributed by atoms with Crippen molar-refractivity contribution < 1.29 is 107 Å². The standard InChI is InChI=1S/C26H28O.2C24H24O.C22H20O.12CH3.4Ti/c1-5-26(6-2)23-13-8-7-10-21(23)22-15-14-18(16-24(22)26)20-12-9-11-19(17(3)4)25(20)27;1-15(2)17-9-7-10-18(23(17)25)16-12-13-20-19-8-5-6-11-21(19)24(3,4)22(20)14-16;1-15-11-21(23(25)22(12-15)24(2,3)4)17-9-10-20-18(14-17)13-16-7-5-6-8-19(16)20;1-14(2)18-8-5-9-21(22(18)23)16-10-11-20-17(13-16)12-15-6-3-4-7-19(15)20;;;;;;;;;;;;;;;;/h7-17,27H,5-6H2,1-4H3;5-15,25H,1-4H3;5-12,14,25H,13H2,1-4H3;3-11,13-14,23H,12H2,1-2H3;12*1H3;;;;/q;;;;12*-1;4*+3. The topological polar surface area (TPSA) is 80.9 Å². The third-order valence-electron chi connectivity index (χ3n) is 22.0. The monoisotopic (exact) mass is 1680 g/mol. The van der Waals surface area contributed by atoms with Crippen LogP contribution >= 0.6 is 0 Å². The first-order chi connectivity index (χ1) is 47.9. The van der Waals surface area contributed by atoms with Crippen LogP contribution < -0.4 is 0 Å². The van der Waals surface area contributed by atoms with Crippen LogP contribution in [0.2, 0.25) is 0 Å². The first-order valence-electron chi connectivity index (χ1n) is 36.2. The molecule has 4 radical (unpaired) electrons. The molecule has 0 saturated heterocycles. The summed E-state index contributed by atoms with van der Waals surface area (Å²) < 4.78 is 0. The van der Waals surface area contributed by atoms with E-state index in [1.54, 1.807) is 0 Å². The second-order valence-corrected chi connectivity index (χ2v) is 30.6. The van der Waals surface area contributed by atoms with Crippen molar-refractivity contribution in [2.24, 2.45) is 0 Å². The molecule has 8 heteroatoms. The first kappa shape index (κ1) is 115. The van der Waals surface area contributed by atoms with Gasteiger partial charge < -0.3 is 110 Å². The van der Waals surface area contributed by atoms with Crippen molar-refractivity contribution in [1.82, 2.24) is 0 Å². The zero-order valence-corrected chi connectivity index (χ0v) is 81.1. The molecule has 4 aliphatic rings. The Morgan fingerprint density at radius 3 is 0.966 bits per heavy atom. The molecule has 604 valence electrons. The molecule has 16 rings (SSSR count). The van der Waals surface area contributed by atoms with Crippen LogP contribution in [0.25, 0.3) is 89.0 Å². The van der Waals surface area contributed by atoms with Gasteiger partial charge >= 0.3 is 86.9 Å². The Hall–Kier alpha value is -7.30. The van der Waals surface area contributed by atoms with Crippen molar-refractivity contribution >= 4 is 0 Å². The number of benzene rings is 12. The van der Waals surface area contributed by atoms with Crippen LogP contribution in [0, 0.1) is 96.0 Å². The number of para-hydroxylation sites is 3. The molecule has 12 aromatic rings. The molecule has 0 saturated carbocycles. The molecule has 0 atom stereocenters. The molecule has 0 spiro atoms. The Morgan fingerprint density at radius 2 is 0.586 bits per heavy atom. The molecule has 0 heterocycles. The molecule has 0 aliphatic heterocycles. The summed E-state index contributed by atoms with van der Waals surface area (Å²) in [5.74, 6) is 2.57. The zero-order chi connectivity index (χ0) is 70.7. The number of hydrogen-bond acceptors (Lipinski definition) is 4. The molecule has 0 bridgehead atoms. The minimum Gasteiger partial charge on any atom is -0.507 e. The summed E-state index contributed by atoms with van der Waals surface area (Å²) in [4.78, 5) is 0. The summed E-state index contributed by atoms with van der Waals surface area (Å²) in [7, 11) is 0. The Balaban J connectivity index is -0.000000690. The fraction of sp³-hybridized carbons (Fsp3) is 0.222. The maximum absolute atomic E-state index is 10.9. The Morgan fingerprint density at radius 1 is 0.293 bits per heavy atom. The summed E-state index contributed by atoms with van der Waals surface area (Å²) >= 11 is 0. The average Bonchev–Trinajstić information content (AvgIpc) is 1.56. The fourth-order valence-corrected chi connectivity index (χ4v) is 16.5. The largest absolute Gasteiger partial charge is 3.00 e. The van der Waals surface area contributed by atoms with Crippen LogP contribution in [0.4, 0.5) is 0 Å². The first-order valence-corrected chi connectivity index (χ1v) is 36.2. The van der Waals surface area contributed by atoms with Gasteiger partial charge in [0.15, 0.2) is 0 Å². The quantitative estimate of drug-likeness (QED) is 0.0858. The van der Waals surface area contributed by atoms with Crippen molar-refractivity contribution in [3.63, 3.8) is 0 Å². The molecular weight excluding hydrogens is 1550 g/mol. The van der Waals surface area contributed by atoms with Gasteiger partial charge in [0.05, 0.1) is 0 Å². The van der Waals surface area contributed by atoms with Gasteiger partial charge in [-0.05, 0) is 207 Å². The van der Waals surface area contributed by atoms with Crippen LogP contribution in [-0.2, 0) is 116 Å². The van der Waals surface area contributed by atoms with E-state index in [4.69, 9.17) is 0 Å². The number of phenolic OH excluding ortho intramolecular Hbond substituents is 4. The van der Waals surface area contributed by atoms with E-state index in [0.29, 0.717) is 40.8 Å². The normalized spacial score (nSPS) is 11.6. The molecule has 0 aromatic heterocycles. The Bertz CT molecular complexity index is 5120. The maximum Gasteiger partial charge on any atom is 3.00 e. The smallest absolute Gasteiger partial charge is 0.507 e. The predicted molar refractivity (Wildman–Crippen MR) is 498 cm³/mol. The van der Waals surface area contributed by atoms with Gasteiger partial charge in [-0.3, -0.25) is 0 Å². The van der Waals surface area contributed by atoms with Crippen molar-refractivity contribution in [2.45, 2.75) is 157 Å². The van der Waals surface area contributed by atoms with Crippen molar-refractivity contribution in [3.8, 4) is 112 Å². The van der Waals surface area contributed by atoms with Gasteiger partial charge in [-0.2, -0.15) is 0 Å². The summed E-state index contributed by atoms with van der Waals surface area (Å²) in [6.45, 7) is 30.4. The van der Waals surface area contributed by atoms with Gasteiger partial charge in [-0.1, -0.05) is 308 Å². The van der Waals surface area contributed by atoms with Crippen LogP contribution in [0.15, 0.2) is 237 Å². The second kappa shape index (κ2) is 46.9. The van der Waals surface area contributed by atoms with Crippen LogP contribution in [0.1, 0.15) is 193 Å². The summed E-state index contributed by atoms with van der Waals surface area (Å²) in [5.41, 5.74) is 34.9. The van der Waals surface area contributed by atoms with Gasteiger partial charge in [0, 0.05) is 38.6 Å². The third kappa shape index (κ3) is 21.6. The van der Waals surface area contributed by atoms with Gasteiger partial charge in [-0.25, -0.2) is 0 Å². The molecule has 4 aliphatic carbocycles. The van der Waals surface area contributed by atoms with Crippen LogP contribution in [0.5, 0.6) is 23.0 Å². The Labute approximate surface area is 766 Å². The number of rotatable bonds is 9. The molecule has 4 N–H and O–H groups in total. The van der Waals surface area contributed by atoms with E-state index in [1.165, 1.54) is 94.6 Å². The van der Waals surface area contributed by atoms with Gasteiger partial charge in [0.25, 0.3) is 0 Å². The van der Waals surface area contributed by atoms with Crippen LogP contribution in [0.3, 0.4) is 0 Å². The SMILES string of the molecule is CC(C)c1cccc(-c2ccc3c(c2)C(C)(C)c2ccccc2-3)c1O.CC(C)c1cccc(-c2ccc3c(c2)Cc2ccccc2-3)c1O.CCC1(CC)c2ccccc2-c2ccc(-c3cccc(C(C)C)c3O)cc21.Cc1cc(-c2ccc3c(c2)Cc2ccccc2-3)c(O)c(C(C)(C)C)c1.[CH3-].[CH3-].[CH3-].[CH3-].[CH3-].[CH3-].[CH3-].[CH3-].[CH3-].[CH3-].[CH3-].[CH3-].[Ti+3].[Ti+3].[Ti+3].[Ti+3]. The fourth-order valence-electron chi connectivity index (χ4n) is 16.5. The molecule has 0 unspecified atom stereocenters. The van der Waals surface area contributed by atoms with Gasteiger partial charge in [0.2, 0.25) is 0 Å². The average molecular weight is 1690 g/mol. The Kier molecular flexibility index (Phi) is 46.5. The minimum absolute atomic E-state index is 0. The number of aryl methyl sites for hydroxylation is 1. The van der Waals surface area contributed by atoms with E-state index in [-0.39, 0.29) is 192 Å². The van der Waals surface area contributed by atoms with E-state index < -0.39 is 0 Å². The third-order valence-corrected chi connectivity index (χ3v) is 22.0. The maximum atomic E-state index is 10.9. The number of hydrogen-bond donors (Lipinski definition) is 4. The van der Waals surface area contributed by atoms with Crippen molar-refractivity contribution in [1.29, 1.82) is 0 Å². The predicted octanol–water partition coefficient (Wildman–Crippen LogP) is 31.1. The van der Waals surface area contributed by atoms with Crippen LogP contribution in [-0.4, -0.2) is 20.4 Å². The van der Waals surface area contributed by atoms with E-state index in [2.05, 4.69) is 285 Å². The van der Waals surface area contributed by atoms with E-state index in [9.17, 15) is 20.4 Å². The zero-order valence-electron chi connectivity index (χ0n) is 74.9. The summed E-state index contributed by atoms with van der Waals surface area (Å²) in [6.07, 6.45) is 4.10. The van der Waals surface area contributed by atoms with E-state index in [0.717, 1.165) is 92.4 Å². The van der Waals surface area contributed by atoms with E-state index >= 15 is 0 Å². The van der Waals surface area contributed by atoms with Gasteiger partial charge in [0.1, 0.15) is 23.0 Å². The van der Waals surface area contributed by atoms with Gasteiger partial charge in [-0.15, -0.1) is 0 Å². The van der Waals surface area contributed by atoms with E-state index in [1.807, 2.05) is 48.5 Å². The molecule has 4 nitrogen and oxygen atoms in total. The number of phenols is 4. The summed E-state index contributed by atoms with van der Waals surface area (Å²) in [5, 5.41) is 43.2. The molecular formula is C108H132O4Ti4. The molecule has 0 fully saturated rings. The summed E-state index contributed by atoms with van der Waals surface area (Å²) in [6, 6.07) is 83.6. The van der Waals surface area contributed by atoms with Crippen molar-refractivity contribution in [3.05, 3.63) is 398 Å². The molecule has 0 amide bonds. The molecule has 116 heavy (non-hydrogen) atoms. The number of aromatic hydroxyl groups is 4.